The number of hydrogen-bond acceptors (Lipinski definition) is 0. The minimum Gasteiger partial charge on any atom is -0.309 e. The molecule has 0 radical (unpaired) electrons. The Balaban J connectivity index is 1.05. The second-order valence-electron chi connectivity index (χ2n) is 17.1. The highest BCUT2D eigenvalue weighted by Gasteiger charge is 2.25. The molecule has 2 aliphatic carbocycles. The Morgan fingerprint density at radius 2 is 1.02 bits per heavy atom. The van der Waals surface area contributed by atoms with E-state index >= 15 is 0 Å². The van der Waals surface area contributed by atoms with Gasteiger partial charge in [0.1, 0.15) is 0 Å². The van der Waals surface area contributed by atoms with Gasteiger partial charge >= 0.3 is 0 Å². The van der Waals surface area contributed by atoms with Crippen molar-refractivity contribution in [3.8, 4) is 61.3 Å². The first-order valence-electron chi connectivity index (χ1n) is 22.3. The van der Waals surface area contributed by atoms with Gasteiger partial charge in [-0.15, -0.1) is 0 Å². The summed E-state index contributed by atoms with van der Waals surface area (Å²) in [7, 11) is 0. The molecule has 9 aromatic carbocycles. The Kier molecular flexibility index (Phi) is 9.19. The Labute approximate surface area is 369 Å². The van der Waals surface area contributed by atoms with Gasteiger partial charge in [-0.05, 0) is 139 Å². The third-order valence-corrected chi connectivity index (χ3v) is 13.5. The lowest BCUT2D eigenvalue weighted by Gasteiger charge is -2.20. The van der Waals surface area contributed by atoms with E-state index < -0.39 is 0 Å². The third kappa shape index (κ3) is 6.56. The first-order chi connectivity index (χ1) is 31.2. The zero-order chi connectivity index (χ0) is 41.7. The smallest absolute Gasteiger partial charge is 0.0541 e. The van der Waals surface area contributed by atoms with Crippen LogP contribution in [-0.4, -0.2) is 4.57 Å². The lowest BCUT2D eigenvalue weighted by Crippen LogP contribution is -2.02. The second-order valence-corrected chi connectivity index (χ2v) is 17.1. The van der Waals surface area contributed by atoms with Crippen molar-refractivity contribution < 1.29 is 0 Å². The predicted octanol–water partition coefficient (Wildman–Crippen LogP) is 16.5. The minimum absolute atomic E-state index is 0.350. The van der Waals surface area contributed by atoms with Crippen LogP contribution >= 0.6 is 0 Å². The van der Waals surface area contributed by atoms with Gasteiger partial charge in [0.05, 0.1) is 11.0 Å². The fraction of sp³-hybridized carbons (Fsp3) is 0.0645. The number of aryl methyl sites for hydroxylation is 1. The molecule has 298 valence electrons. The van der Waals surface area contributed by atoms with Crippen LogP contribution in [0.15, 0.2) is 231 Å². The van der Waals surface area contributed by atoms with Crippen molar-refractivity contribution in [2.45, 2.75) is 25.2 Å². The number of fused-ring (bicyclic) bond motifs is 6. The van der Waals surface area contributed by atoms with Crippen molar-refractivity contribution >= 4 is 27.4 Å². The average Bonchev–Trinajstić information content (AvgIpc) is 3.98. The lowest BCUT2D eigenvalue weighted by molar-refractivity contribution is 0.726. The summed E-state index contributed by atoms with van der Waals surface area (Å²) in [6, 6.07) is 79.2. The van der Waals surface area contributed by atoms with Crippen LogP contribution in [0.4, 0.5) is 0 Å². The number of aromatic nitrogens is 1. The van der Waals surface area contributed by atoms with Crippen molar-refractivity contribution in [1.82, 2.24) is 4.57 Å². The molecule has 0 aliphatic heterocycles. The molecule has 2 aliphatic rings. The SMILES string of the molecule is C1=CCC(c2ccc(-c3c(-c4ccccc4)cc(-n4c5ccccc5c5cc(-c6ccc7c(c6)-c6ccccc6CCC7c6ccccc6)ccc54)cc3-c3ccccc3)cc2)=C1. The summed E-state index contributed by atoms with van der Waals surface area (Å²) in [4.78, 5) is 0. The van der Waals surface area contributed by atoms with Gasteiger partial charge in [-0.25, -0.2) is 0 Å². The van der Waals surface area contributed by atoms with E-state index in [4.69, 9.17) is 0 Å². The molecule has 1 heterocycles. The molecular formula is C62H45N. The fourth-order valence-corrected chi connectivity index (χ4v) is 10.5. The van der Waals surface area contributed by atoms with Crippen LogP contribution in [0, 0.1) is 0 Å². The number of allylic oxidation sites excluding steroid dienone is 4. The Hall–Kier alpha value is -7.74. The molecule has 1 unspecified atom stereocenters. The van der Waals surface area contributed by atoms with Crippen molar-refractivity contribution in [3.05, 3.63) is 253 Å². The Morgan fingerprint density at radius 1 is 0.413 bits per heavy atom. The topological polar surface area (TPSA) is 4.93 Å². The average molecular weight is 804 g/mol. The number of nitrogens with zero attached hydrogens (tertiary/aromatic N) is 1. The molecule has 0 amide bonds. The van der Waals surface area contributed by atoms with Crippen molar-refractivity contribution in [1.29, 1.82) is 0 Å². The van der Waals surface area contributed by atoms with Crippen molar-refractivity contribution in [3.63, 3.8) is 0 Å². The molecule has 0 saturated heterocycles. The molecule has 0 spiro atoms. The van der Waals surface area contributed by atoms with E-state index in [9.17, 15) is 0 Å². The fourth-order valence-electron chi connectivity index (χ4n) is 10.5. The zero-order valence-corrected chi connectivity index (χ0v) is 35.1. The monoisotopic (exact) mass is 803 g/mol. The van der Waals surface area contributed by atoms with Gasteiger partial charge in [-0.1, -0.05) is 194 Å². The van der Waals surface area contributed by atoms with Gasteiger partial charge < -0.3 is 4.57 Å². The van der Waals surface area contributed by atoms with Gasteiger partial charge in [0.2, 0.25) is 0 Å². The van der Waals surface area contributed by atoms with E-state index in [1.54, 1.807) is 0 Å². The molecule has 0 bridgehead atoms. The van der Waals surface area contributed by atoms with Crippen LogP contribution in [0.25, 0.3) is 88.7 Å². The maximum absolute atomic E-state index is 2.48. The lowest BCUT2D eigenvalue weighted by atomic mass is 9.84. The van der Waals surface area contributed by atoms with Gasteiger partial charge in [0.25, 0.3) is 0 Å². The quantitative estimate of drug-likeness (QED) is 0.151. The van der Waals surface area contributed by atoms with Gasteiger partial charge in [0.15, 0.2) is 0 Å². The summed E-state index contributed by atoms with van der Waals surface area (Å²) >= 11 is 0. The van der Waals surface area contributed by atoms with Crippen molar-refractivity contribution in [2.24, 2.45) is 0 Å². The molecule has 10 aromatic rings. The third-order valence-electron chi connectivity index (χ3n) is 13.5. The number of para-hydroxylation sites is 1. The zero-order valence-electron chi connectivity index (χ0n) is 35.1. The molecular weight excluding hydrogens is 759 g/mol. The maximum Gasteiger partial charge on any atom is 0.0541 e. The Morgan fingerprint density at radius 3 is 1.75 bits per heavy atom. The van der Waals surface area contributed by atoms with Crippen LogP contribution in [-0.2, 0) is 6.42 Å². The number of rotatable bonds is 7. The first kappa shape index (κ1) is 37.1. The van der Waals surface area contributed by atoms with Gasteiger partial charge in [-0.2, -0.15) is 0 Å². The molecule has 0 fully saturated rings. The molecule has 0 saturated carbocycles. The van der Waals surface area contributed by atoms with E-state index in [0.29, 0.717) is 5.92 Å². The highest BCUT2D eigenvalue weighted by atomic mass is 15.0. The van der Waals surface area contributed by atoms with E-state index in [2.05, 4.69) is 235 Å². The molecule has 1 aromatic heterocycles. The summed E-state index contributed by atoms with van der Waals surface area (Å²) in [5.41, 5.74) is 22.8. The van der Waals surface area contributed by atoms with Crippen LogP contribution in [0.3, 0.4) is 0 Å². The second kappa shape index (κ2) is 15.6. The van der Waals surface area contributed by atoms with Gasteiger partial charge in [0, 0.05) is 22.4 Å². The van der Waals surface area contributed by atoms with Crippen LogP contribution < -0.4 is 0 Å². The molecule has 12 rings (SSSR count). The van der Waals surface area contributed by atoms with E-state index in [0.717, 1.165) is 24.9 Å². The molecule has 1 heteroatoms. The summed E-state index contributed by atoms with van der Waals surface area (Å²) in [5, 5.41) is 2.50. The van der Waals surface area contributed by atoms with Gasteiger partial charge in [-0.3, -0.25) is 0 Å². The maximum atomic E-state index is 2.48. The molecule has 63 heavy (non-hydrogen) atoms. The molecule has 0 N–H and O–H groups in total. The molecule has 1 nitrogen and oxygen atoms in total. The summed E-state index contributed by atoms with van der Waals surface area (Å²) < 4.78 is 2.48. The largest absolute Gasteiger partial charge is 0.309 e. The summed E-state index contributed by atoms with van der Waals surface area (Å²) in [6.45, 7) is 0. The number of hydrogen-bond donors (Lipinski definition) is 0. The normalized spacial score (nSPS) is 14.3. The van der Waals surface area contributed by atoms with Crippen LogP contribution in [0.5, 0.6) is 0 Å². The van der Waals surface area contributed by atoms with Crippen LogP contribution in [0.1, 0.15) is 41.0 Å². The van der Waals surface area contributed by atoms with E-state index in [-0.39, 0.29) is 0 Å². The van der Waals surface area contributed by atoms with Crippen molar-refractivity contribution in [2.75, 3.05) is 0 Å². The summed E-state index contributed by atoms with van der Waals surface area (Å²) in [5.74, 6) is 0.350. The highest BCUT2D eigenvalue weighted by Crippen LogP contribution is 2.46. The van der Waals surface area contributed by atoms with Crippen LogP contribution in [0.2, 0.25) is 0 Å². The predicted molar refractivity (Wildman–Crippen MR) is 266 cm³/mol. The number of benzene rings is 9. The highest BCUT2D eigenvalue weighted by molar-refractivity contribution is 6.11. The van der Waals surface area contributed by atoms with E-state index in [1.165, 1.54) is 105 Å². The standard InChI is InChI=1S/C62H45N/c1-4-18-44(19-5-1)53-35-32-47-24-12-13-25-52(47)58-38-49(33-36-54(53)58)50-34-37-61-59(39-50)55-26-14-15-27-60(55)63(61)51-40-56(45-20-6-2-7-21-45)62(57(41-51)46-22-8-3-9-23-46)48-30-28-43(29-31-48)42-16-10-11-17-42/h1-16,18-31,33-34,36-41,53H,17,32,35H2. The minimum atomic E-state index is 0.350. The molecule has 1 atom stereocenters. The summed E-state index contributed by atoms with van der Waals surface area (Å²) in [6.07, 6.45) is 9.77. The van der Waals surface area contributed by atoms with E-state index in [1.807, 2.05) is 0 Å². The Bertz CT molecular complexity index is 3320. The first-order valence-corrected chi connectivity index (χ1v) is 22.3.